The van der Waals surface area contributed by atoms with Crippen molar-refractivity contribution in [3.05, 3.63) is 62.2 Å². The number of hydrogen-bond acceptors (Lipinski definition) is 1. The molecule has 0 aliphatic carbocycles. The highest BCUT2D eigenvalue weighted by Gasteiger charge is 2.30. The molecule has 6 heteroatoms. The van der Waals surface area contributed by atoms with E-state index in [0.717, 1.165) is 21.3 Å². The smallest absolute Gasteiger partial charge is 0.380 e. The van der Waals surface area contributed by atoms with Crippen LogP contribution in [0.3, 0.4) is 0 Å². The molecule has 2 aromatic rings. The van der Waals surface area contributed by atoms with Gasteiger partial charge in [-0.05, 0) is 58.5 Å². The van der Waals surface area contributed by atoms with Gasteiger partial charge < -0.3 is 5.32 Å². The fourth-order valence-corrected chi connectivity index (χ4v) is 2.24. The van der Waals surface area contributed by atoms with Crippen LogP contribution in [0.1, 0.15) is 11.1 Å². The summed E-state index contributed by atoms with van der Waals surface area (Å²) in [4.78, 5) is 0. The van der Waals surface area contributed by atoms with E-state index in [4.69, 9.17) is 11.6 Å². The normalized spacial score (nSPS) is 11.4. The Morgan fingerprint density at radius 1 is 1.05 bits per heavy atom. The summed E-state index contributed by atoms with van der Waals surface area (Å²) in [5, 5.41) is 3.09. The third-order valence-electron chi connectivity index (χ3n) is 2.69. The first kappa shape index (κ1) is 15.4. The van der Waals surface area contributed by atoms with Gasteiger partial charge in [-0.25, -0.2) is 0 Å². The fourth-order valence-electron chi connectivity index (χ4n) is 1.63. The van der Waals surface area contributed by atoms with Crippen LogP contribution in [0.25, 0.3) is 0 Å². The van der Waals surface area contributed by atoms with Crippen LogP contribution >= 0.6 is 34.2 Å². The highest BCUT2D eigenvalue weighted by molar-refractivity contribution is 14.1. The summed E-state index contributed by atoms with van der Waals surface area (Å²) in [6.07, 6.45) is -4.38. The Kier molecular flexibility index (Phi) is 4.80. The molecule has 106 valence electrons. The Morgan fingerprint density at radius 2 is 1.70 bits per heavy atom. The van der Waals surface area contributed by atoms with Crippen molar-refractivity contribution in [2.75, 3.05) is 5.32 Å². The standard InChI is InChI=1S/C14H10ClF3IN/c15-12-7-10(14(16,17)18)3-6-13(12)20-8-9-1-4-11(19)5-2-9/h1-7,20H,8H2. The van der Waals surface area contributed by atoms with Crippen LogP contribution in [-0.2, 0) is 12.7 Å². The average molecular weight is 412 g/mol. The summed E-state index contributed by atoms with van der Waals surface area (Å²) in [6, 6.07) is 11.1. The minimum atomic E-state index is -4.38. The predicted molar refractivity (Wildman–Crippen MR) is 82.9 cm³/mol. The molecule has 0 amide bonds. The summed E-state index contributed by atoms with van der Waals surface area (Å²) in [5.74, 6) is 0. The summed E-state index contributed by atoms with van der Waals surface area (Å²) in [5.41, 5.74) is 0.766. The zero-order chi connectivity index (χ0) is 14.8. The molecule has 2 aromatic carbocycles. The molecule has 1 N–H and O–H groups in total. The predicted octanol–water partition coefficient (Wildman–Crippen LogP) is 5.58. The van der Waals surface area contributed by atoms with Gasteiger partial charge in [0.15, 0.2) is 0 Å². The fraction of sp³-hybridized carbons (Fsp3) is 0.143. The van der Waals surface area contributed by atoms with Gasteiger partial charge in [-0.2, -0.15) is 13.2 Å². The average Bonchev–Trinajstić information content (AvgIpc) is 2.38. The molecule has 0 saturated carbocycles. The van der Waals surface area contributed by atoms with E-state index < -0.39 is 11.7 Å². The van der Waals surface area contributed by atoms with Crippen LogP contribution in [0.2, 0.25) is 5.02 Å². The summed E-state index contributed by atoms with van der Waals surface area (Å²) >= 11 is 8.07. The first-order valence-corrected chi connectivity index (χ1v) is 7.17. The largest absolute Gasteiger partial charge is 0.416 e. The number of halogens is 5. The Labute approximate surface area is 133 Å². The van der Waals surface area contributed by atoms with Gasteiger partial charge in [-0.1, -0.05) is 23.7 Å². The highest BCUT2D eigenvalue weighted by atomic mass is 127. The molecule has 0 saturated heterocycles. The summed E-state index contributed by atoms with van der Waals surface area (Å²) in [7, 11) is 0. The lowest BCUT2D eigenvalue weighted by Crippen LogP contribution is -2.06. The molecule has 0 aromatic heterocycles. The molecule has 2 rings (SSSR count). The number of hydrogen-bond donors (Lipinski definition) is 1. The van der Waals surface area contributed by atoms with Crippen molar-refractivity contribution >= 4 is 39.9 Å². The van der Waals surface area contributed by atoms with Crippen LogP contribution in [0.4, 0.5) is 18.9 Å². The van der Waals surface area contributed by atoms with Gasteiger partial charge in [0.05, 0.1) is 16.3 Å². The van der Waals surface area contributed by atoms with Gasteiger partial charge in [-0.3, -0.25) is 0 Å². The maximum absolute atomic E-state index is 12.5. The molecule has 20 heavy (non-hydrogen) atoms. The lowest BCUT2D eigenvalue weighted by molar-refractivity contribution is -0.137. The van der Waals surface area contributed by atoms with E-state index in [1.54, 1.807) is 0 Å². The number of nitrogens with one attached hydrogen (secondary N) is 1. The number of alkyl halides is 3. The molecule has 0 heterocycles. The quantitative estimate of drug-likeness (QED) is 0.651. The van der Waals surface area contributed by atoms with Gasteiger partial charge in [0.25, 0.3) is 0 Å². The molecule has 0 atom stereocenters. The van der Waals surface area contributed by atoms with E-state index in [2.05, 4.69) is 27.9 Å². The van der Waals surface area contributed by atoms with Crippen LogP contribution in [0, 0.1) is 3.57 Å². The molecule has 0 spiro atoms. The number of anilines is 1. The van der Waals surface area contributed by atoms with E-state index in [1.807, 2.05) is 24.3 Å². The third-order valence-corrected chi connectivity index (χ3v) is 3.72. The first-order chi connectivity index (χ1) is 9.36. The highest BCUT2D eigenvalue weighted by Crippen LogP contribution is 2.33. The Hall–Kier alpha value is -0.950. The van der Waals surface area contributed by atoms with Crippen molar-refractivity contribution in [2.45, 2.75) is 12.7 Å². The monoisotopic (exact) mass is 411 g/mol. The second-order valence-electron chi connectivity index (χ2n) is 4.17. The van der Waals surface area contributed by atoms with Crippen molar-refractivity contribution in [1.82, 2.24) is 0 Å². The Balaban J connectivity index is 2.08. The maximum atomic E-state index is 12.5. The molecular formula is C14H10ClF3IN. The van der Waals surface area contributed by atoms with Crippen LogP contribution in [0.5, 0.6) is 0 Å². The molecule has 1 nitrogen and oxygen atoms in total. The van der Waals surface area contributed by atoms with Gasteiger partial charge in [0, 0.05) is 10.1 Å². The van der Waals surface area contributed by atoms with Crippen LogP contribution in [-0.4, -0.2) is 0 Å². The molecular weight excluding hydrogens is 402 g/mol. The minimum Gasteiger partial charge on any atom is -0.380 e. The van der Waals surface area contributed by atoms with E-state index in [9.17, 15) is 13.2 Å². The molecule has 0 fully saturated rings. The van der Waals surface area contributed by atoms with Gasteiger partial charge in [0.2, 0.25) is 0 Å². The third kappa shape index (κ3) is 4.02. The minimum absolute atomic E-state index is 0.0605. The SMILES string of the molecule is FC(F)(F)c1ccc(NCc2ccc(I)cc2)c(Cl)c1. The van der Waals surface area contributed by atoms with Gasteiger partial charge >= 0.3 is 6.18 Å². The topological polar surface area (TPSA) is 12.0 Å². The summed E-state index contributed by atoms with van der Waals surface area (Å²) < 4.78 is 38.6. The van der Waals surface area contributed by atoms with E-state index in [0.29, 0.717) is 12.2 Å². The zero-order valence-corrected chi connectivity index (χ0v) is 13.1. The van der Waals surface area contributed by atoms with E-state index in [1.165, 1.54) is 6.07 Å². The summed E-state index contributed by atoms with van der Waals surface area (Å²) in [6.45, 7) is 0.502. The number of rotatable bonds is 3. The molecule has 0 unspecified atom stereocenters. The van der Waals surface area contributed by atoms with Crippen molar-refractivity contribution in [3.8, 4) is 0 Å². The van der Waals surface area contributed by atoms with Crippen LogP contribution < -0.4 is 5.32 Å². The Bertz CT molecular complexity index is 596. The van der Waals surface area contributed by atoms with Crippen molar-refractivity contribution in [3.63, 3.8) is 0 Å². The van der Waals surface area contributed by atoms with Gasteiger partial charge in [-0.15, -0.1) is 0 Å². The lowest BCUT2D eigenvalue weighted by atomic mass is 10.2. The van der Waals surface area contributed by atoms with Crippen molar-refractivity contribution < 1.29 is 13.2 Å². The lowest BCUT2D eigenvalue weighted by Gasteiger charge is -2.12. The van der Waals surface area contributed by atoms with Gasteiger partial charge in [0.1, 0.15) is 0 Å². The van der Waals surface area contributed by atoms with E-state index >= 15 is 0 Å². The molecule has 0 radical (unpaired) electrons. The second-order valence-corrected chi connectivity index (χ2v) is 5.83. The van der Waals surface area contributed by atoms with Crippen molar-refractivity contribution in [1.29, 1.82) is 0 Å². The Morgan fingerprint density at radius 3 is 2.25 bits per heavy atom. The van der Waals surface area contributed by atoms with Crippen LogP contribution in [0.15, 0.2) is 42.5 Å². The van der Waals surface area contributed by atoms with Crippen molar-refractivity contribution in [2.24, 2.45) is 0 Å². The molecule has 0 aliphatic heterocycles. The number of benzene rings is 2. The first-order valence-electron chi connectivity index (χ1n) is 5.71. The molecule has 0 aliphatic rings. The molecule has 0 bridgehead atoms. The van der Waals surface area contributed by atoms with E-state index in [-0.39, 0.29) is 5.02 Å². The second kappa shape index (κ2) is 6.22. The zero-order valence-electron chi connectivity index (χ0n) is 10.1. The maximum Gasteiger partial charge on any atom is 0.416 e.